The molecule has 2 N–H and O–H groups in total. The van der Waals surface area contributed by atoms with E-state index in [-0.39, 0.29) is 17.9 Å². The molecule has 1 aliphatic heterocycles. The Labute approximate surface area is 251 Å². The SMILES string of the molecule is CC(=O)Cc1ccc(NC(=O)Nc2ccc(-c3nc(N4CCOCC4)c4cc(F)c(-c5ccc(C)o5)cc4n3)cc2)c(F)c1. The topological polar surface area (TPSA) is 110 Å². The van der Waals surface area contributed by atoms with Gasteiger partial charge in [0.25, 0.3) is 0 Å². The highest BCUT2D eigenvalue weighted by Gasteiger charge is 2.21. The highest BCUT2D eigenvalue weighted by Crippen LogP contribution is 2.34. The van der Waals surface area contributed by atoms with Gasteiger partial charge in [0.15, 0.2) is 5.82 Å². The van der Waals surface area contributed by atoms with Gasteiger partial charge < -0.3 is 24.7 Å². The number of ether oxygens (including phenoxy) is 1. The van der Waals surface area contributed by atoms with Crippen molar-refractivity contribution in [3.63, 3.8) is 0 Å². The van der Waals surface area contributed by atoms with E-state index < -0.39 is 17.7 Å². The van der Waals surface area contributed by atoms with Crippen molar-refractivity contribution >= 4 is 39.9 Å². The van der Waals surface area contributed by atoms with E-state index in [4.69, 9.17) is 19.1 Å². The number of hydrogen-bond acceptors (Lipinski definition) is 7. The van der Waals surface area contributed by atoms with Gasteiger partial charge in [0.2, 0.25) is 0 Å². The van der Waals surface area contributed by atoms with E-state index in [1.54, 1.807) is 55.5 Å². The van der Waals surface area contributed by atoms with E-state index in [1.807, 2.05) is 0 Å². The van der Waals surface area contributed by atoms with Gasteiger partial charge in [-0.3, -0.25) is 4.79 Å². The van der Waals surface area contributed by atoms with E-state index in [0.717, 1.165) is 0 Å². The van der Waals surface area contributed by atoms with Crippen molar-refractivity contribution < 1.29 is 27.5 Å². The Morgan fingerprint density at radius 1 is 0.909 bits per heavy atom. The van der Waals surface area contributed by atoms with Gasteiger partial charge in [-0.05, 0) is 80.1 Å². The molecule has 0 aliphatic carbocycles. The molecule has 1 aliphatic rings. The minimum Gasteiger partial charge on any atom is -0.461 e. The highest BCUT2D eigenvalue weighted by atomic mass is 19.1. The molecule has 3 heterocycles. The molecule has 11 heteroatoms. The van der Waals surface area contributed by atoms with Crippen molar-refractivity contribution in [3.05, 3.63) is 89.7 Å². The first-order valence-electron chi connectivity index (χ1n) is 14.1. The number of Topliss-reactive ketones (excluding diaryl/α,β-unsaturated/α-hetero) is 1. The molecule has 224 valence electrons. The lowest BCUT2D eigenvalue weighted by Crippen LogP contribution is -2.37. The van der Waals surface area contributed by atoms with Crippen LogP contribution in [0.15, 0.2) is 71.1 Å². The summed E-state index contributed by atoms with van der Waals surface area (Å²) in [5, 5.41) is 5.75. The van der Waals surface area contributed by atoms with Crippen LogP contribution in [0.25, 0.3) is 33.6 Å². The molecule has 6 rings (SSSR count). The number of carbonyl (C=O) groups excluding carboxylic acids is 2. The molecule has 44 heavy (non-hydrogen) atoms. The van der Waals surface area contributed by atoms with Crippen molar-refractivity contribution in [3.8, 4) is 22.7 Å². The number of furan rings is 1. The van der Waals surface area contributed by atoms with Crippen LogP contribution in [0.3, 0.4) is 0 Å². The Hall–Kier alpha value is -5.16. The van der Waals surface area contributed by atoms with Gasteiger partial charge in [0.1, 0.15) is 34.8 Å². The Balaban J connectivity index is 1.27. The largest absolute Gasteiger partial charge is 0.461 e. The maximum atomic E-state index is 15.3. The Morgan fingerprint density at radius 2 is 1.68 bits per heavy atom. The zero-order chi connectivity index (χ0) is 30.8. The summed E-state index contributed by atoms with van der Waals surface area (Å²) in [4.78, 5) is 35.5. The van der Waals surface area contributed by atoms with Crippen LogP contribution in [0.4, 0.5) is 30.8 Å². The summed E-state index contributed by atoms with van der Waals surface area (Å²) in [6.07, 6.45) is 0.117. The molecular formula is C33H29F2N5O4. The summed E-state index contributed by atoms with van der Waals surface area (Å²) in [5.41, 5.74) is 2.53. The molecule has 1 fully saturated rings. The van der Waals surface area contributed by atoms with Crippen molar-refractivity contribution in [2.24, 2.45) is 0 Å². The van der Waals surface area contributed by atoms with Gasteiger partial charge >= 0.3 is 6.03 Å². The smallest absolute Gasteiger partial charge is 0.323 e. The van der Waals surface area contributed by atoms with Gasteiger partial charge in [-0.15, -0.1) is 0 Å². The fourth-order valence-corrected chi connectivity index (χ4v) is 5.09. The Kier molecular flexibility index (Phi) is 8.03. The average Bonchev–Trinajstić information content (AvgIpc) is 3.44. The molecular weight excluding hydrogens is 568 g/mol. The van der Waals surface area contributed by atoms with Gasteiger partial charge in [0, 0.05) is 36.1 Å². The zero-order valence-electron chi connectivity index (χ0n) is 24.1. The van der Waals surface area contributed by atoms with Crippen LogP contribution in [0, 0.1) is 18.6 Å². The Morgan fingerprint density at radius 3 is 2.36 bits per heavy atom. The number of amides is 2. The van der Waals surface area contributed by atoms with Gasteiger partial charge in [-0.1, -0.05) is 6.07 Å². The van der Waals surface area contributed by atoms with Gasteiger partial charge in [-0.2, -0.15) is 0 Å². The zero-order valence-corrected chi connectivity index (χ0v) is 24.1. The number of rotatable bonds is 7. The predicted octanol–water partition coefficient (Wildman–Crippen LogP) is 6.76. The third-order valence-corrected chi connectivity index (χ3v) is 7.22. The number of urea groups is 1. The number of hydrogen-bond donors (Lipinski definition) is 2. The summed E-state index contributed by atoms with van der Waals surface area (Å²) in [6.45, 7) is 5.49. The van der Waals surface area contributed by atoms with Crippen LogP contribution in [0.1, 0.15) is 18.2 Å². The third-order valence-electron chi connectivity index (χ3n) is 7.22. The maximum Gasteiger partial charge on any atom is 0.323 e. The number of nitrogens with zero attached hydrogens (tertiary/aromatic N) is 3. The normalized spacial score (nSPS) is 13.2. The minimum atomic E-state index is -0.635. The van der Waals surface area contributed by atoms with E-state index in [2.05, 4.69) is 15.5 Å². The first-order chi connectivity index (χ1) is 21.2. The van der Waals surface area contributed by atoms with E-state index in [0.29, 0.717) is 82.7 Å². The summed E-state index contributed by atoms with van der Waals surface area (Å²) in [7, 11) is 0. The molecule has 3 aromatic carbocycles. The first kappa shape index (κ1) is 28.9. The van der Waals surface area contributed by atoms with Crippen LogP contribution in [-0.4, -0.2) is 48.1 Å². The summed E-state index contributed by atoms with van der Waals surface area (Å²) >= 11 is 0. The van der Waals surface area contributed by atoms with Gasteiger partial charge in [-0.25, -0.2) is 23.5 Å². The fourth-order valence-electron chi connectivity index (χ4n) is 5.09. The third kappa shape index (κ3) is 6.28. The molecule has 0 unspecified atom stereocenters. The number of aryl methyl sites for hydroxylation is 1. The minimum absolute atomic E-state index is 0.00728. The maximum absolute atomic E-state index is 15.3. The second-order valence-electron chi connectivity index (χ2n) is 10.6. The van der Waals surface area contributed by atoms with E-state index in [9.17, 15) is 14.0 Å². The summed E-state index contributed by atoms with van der Waals surface area (Å²) in [6, 6.07) is 17.1. The number of nitrogens with one attached hydrogen (secondary N) is 2. The molecule has 5 aromatic rings. The van der Waals surface area contributed by atoms with Crippen molar-refractivity contribution in [2.45, 2.75) is 20.3 Å². The van der Waals surface area contributed by atoms with Crippen LogP contribution in [0.2, 0.25) is 0 Å². The number of benzene rings is 3. The molecule has 2 aromatic heterocycles. The van der Waals surface area contributed by atoms with Crippen LogP contribution in [0.5, 0.6) is 0 Å². The predicted molar refractivity (Wildman–Crippen MR) is 164 cm³/mol. The summed E-state index contributed by atoms with van der Waals surface area (Å²) in [5.74, 6) is 0.966. The lowest BCUT2D eigenvalue weighted by atomic mass is 10.1. The number of halogens is 2. The molecule has 2 amide bonds. The summed E-state index contributed by atoms with van der Waals surface area (Å²) < 4.78 is 41.0. The van der Waals surface area contributed by atoms with Gasteiger partial charge in [0.05, 0.1) is 30.0 Å². The lowest BCUT2D eigenvalue weighted by molar-refractivity contribution is -0.116. The molecule has 0 radical (unpaired) electrons. The number of fused-ring (bicyclic) bond motifs is 1. The number of anilines is 3. The standard InChI is InChI=1S/C33H29F2N5O4/c1-19(41)15-21-4-9-28(27(35)16-21)38-33(42)36-23-7-5-22(6-8-23)31-37-29-18-24(30-10-3-20(2)44-30)26(34)17-25(29)32(39-31)40-11-13-43-14-12-40/h3-10,16-18H,11-15H2,1-2H3,(H2,36,38,42). The number of morpholine rings is 1. The number of ketones is 1. The Bertz CT molecular complexity index is 1870. The molecule has 0 saturated carbocycles. The molecule has 0 atom stereocenters. The van der Waals surface area contributed by atoms with Crippen LogP contribution >= 0.6 is 0 Å². The fraction of sp³-hybridized carbons (Fsp3) is 0.212. The number of aromatic nitrogens is 2. The molecule has 1 saturated heterocycles. The average molecular weight is 598 g/mol. The van der Waals surface area contributed by atoms with Crippen LogP contribution < -0.4 is 15.5 Å². The van der Waals surface area contributed by atoms with Crippen LogP contribution in [-0.2, 0) is 16.0 Å². The molecule has 9 nitrogen and oxygen atoms in total. The van der Waals surface area contributed by atoms with E-state index in [1.165, 1.54) is 25.1 Å². The lowest BCUT2D eigenvalue weighted by Gasteiger charge is -2.29. The van der Waals surface area contributed by atoms with Crippen molar-refractivity contribution in [1.82, 2.24) is 9.97 Å². The second kappa shape index (κ2) is 12.2. The first-order valence-corrected chi connectivity index (χ1v) is 14.1. The highest BCUT2D eigenvalue weighted by molar-refractivity contribution is 6.00. The quantitative estimate of drug-likeness (QED) is 0.213. The number of carbonyl (C=O) groups is 2. The van der Waals surface area contributed by atoms with E-state index >= 15 is 4.39 Å². The molecule has 0 spiro atoms. The molecule has 0 bridgehead atoms. The van der Waals surface area contributed by atoms with Crippen molar-refractivity contribution in [1.29, 1.82) is 0 Å². The second-order valence-corrected chi connectivity index (χ2v) is 10.6. The van der Waals surface area contributed by atoms with Crippen molar-refractivity contribution in [2.75, 3.05) is 41.8 Å². The monoisotopic (exact) mass is 597 g/mol.